The number of hydrogen-bond donors (Lipinski definition) is 1. The Balaban J connectivity index is 1.86. The van der Waals surface area contributed by atoms with Crippen LogP contribution in [0.5, 0.6) is 0 Å². The largest absolute Gasteiger partial charge is 0.328 e. The van der Waals surface area contributed by atoms with Gasteiger partial charge in [0.2, 0.25) is 5.95 Å². The van der Waals surface area contributed by atoms with E-state index in [1.165, 1.54) is 5.56 Å². The van der Waals surface area contributed by atoms with Crippen molar-refractivity contribution in [3.05, 3.63) is 53.0 Å². The van der Waals surface area contributed by atoms with Crippen LogP contribution in [-0.4, -0.2) is 20.5 Å². The van der Waals surface area contributed by atoms with Crippen molar-refractivity contribution in [1.29, 1.82) is 0 Å². The van der Waals surface area contributed by atoms with Crippen molar-refractivity contribution < 1.29 is 4.79 Å². The number of ketones is 1. The van der Waals surface area contributed by atoms with Gasteiger partial charge in [-0.3, -0.25) is 4.79 Å². The lowest BCUT2D eigenvalue weighted by Gasteiger charge is -2.38. The molecule has 24 heavy (non-hydrogen) atoms. The van der Waals surface area contributed by atoms with Gasteiger partial charge in [0.25, 0.3) is 0 Å². The first-order chi connectivity index (χ1) is 11.5. The summed E-state index contributed by atoms with van der Waals surface area (Å²) in [5, 5.41) is 7.71. The summed E-state index contributed by atoms with van der Waals surface area (Å²) in [6.45, 7) is 6.42. The van der Waals surface area contributed by atoms with Crippen LogP contribution in [0.15, 0.2) is 41.9 Å². The number of anilines is 1. The fraction of sp³-hybridized carbons (Fsp3) is 0.421. The molecule has 1 aliphatic carbocycles. The molecule has 0 amide bonds. The van der Waals surface area contributed by atoms with Crippen LogP contribution in [0.1, 0.15) is 50.8 Å². The fourth-order valence-electron chi connectivity index (χ4n) is 3.79. The summed E-state index contributed by atoms with van der Waals surface area (Å²) in [5.74, 6) is 0.920. The van der Waals surface area contributed by atoms with Crippen molar-refractivity contribution in [2.45, 2.75) is 46.1 Å². The maximum absolute atomic E-state index is 12.9. The number of hydrogen-bond acceptors (Lipinski definition) is 4. The van der Waals surface area contributed by atoms with Crippen molar-refractivity contribution in [1.82, 2.24) is 14.8 Å². The quantitative estimate of drug-likeness (QED) is 0.919. The fourth-order valence-corrected chi connectivity index (χ4v) is 3.79. The highest BCUT2D eigenvalue weighted by molar-refractivity contribution is 6.00. The Morgan fingerprint density at radius 2 is 2.00 bits per heavy atom. The predicted molar refractivity (Wildman–Crippen MR) is 92.7 cm³/mol. The number of rotatable bonds is 2. The van der Waals surface area contributed by atoms with Crippen molar-refractivity contribution in [3.63, 3.8) is 0 Å². The number of aryl methyl sites for hydroxylation is 1. The lowest BCUT2D eigenvalue weighted by molar-refractivity contribution is -0.118. The van der Waals surface area contributed by atoms with Crippen LogP contribution < -0.4 is 5.32 Å². The Labute approximate surface area is 141 Å². The number of nitrogens with zero attached hydrogens (tertiary/aromatic N) is 3. The van der Waals surface area contributed by atoms with Gasteiger partial charge in [-0.1, -0.05) is 45.0 Å². The molecule has 1 N–H and O–H groups in total. The summed E-state index contributed by atoms with van der Waals surface area (Å²) in [5.41, 5.74) is 4.19. The van der Waals surface area contributed by atoms with Gasteiger partial charge in [0.05, 0.1) is 0 Å². The molecule has 0 radical (unpaired) electrons. The average molecular weight is 322 g/mol. The Bertz CT molecular complexity index is 829. The smallest absolute Gasteiger partial charge is 0.226 e. The van der Waals surface area contributed by atoms with E-state index in [9.17, 15) is 4.79 Å². The zero-order valence-corrected chi connectivity index (χ0v) is 14.3. The second kappa shape index (κ2) is 5.30. The molecular weight excluding hydrogens is 300 g/mol. The third-order valence-electron chi connectivity index (χ3n) is 4.98. The molecule has 2 heterocycles. The third-order valence-corrected chi connectivity index (χ3v) is 4.98. The lowest BCUT2D eigenvalue weighted by Crippen LogP contribution is -2.36. The summed E-state index contributed by atoms with van der Waals surface area (Å²) in [6, 6.07) is 8.29. The number of nitrogens with one attached hydrogen (secondary N) is 1. The minimum Gasteiger partial charge on any atom is -0.328 e. The molecule has 0 saturated carbocycles. The molecule has 0 unspecified atom stereocenters. The molecule has 1 aromatic carbocycles. The normalized spacial score (nSPS) is 22.0. The number of benzene rings is 1. The zero-order valence-electron chi connectivity index (χ0n) is 14.3. The molecule has 1 aliphatic heterocycles. The monoisotopic (exact) mass is 322 g/mol. The minimum atomic E-state index is -0.187. The van der Waals surface area contributed by atoms with E-state index in [2.05, 4.69) is 60.4 Å². The van der Waals surface area contributed by atoms with E-state index in [0.29, 0.717) is 12.4 Å². The number of fused-ring (bicyclic) bond motifs is 1. The molecule has 0 spiro atoms. The SMILES string of the molecule is CCc1ccc([C@@H]2C3=C(CC(C)(C)CC3=O)Nc3ncnn32)cc1. The molecular formula is C19H22N4O. The van der Waals surface area contributed by atoms with E-state index >= 15 is 0 Å². The number of carbonyl (C=O) groups is 1. The van der Waals surface area contributed by atoms with Gasteiger partial charge >= 0.3 is 0 Å². The number of aromatic nitrogens is 3. The molecule has 0 fully saturated rings. The molecule has 5 heteroatoms. The summed E-state index contributed by atoms with van der Waals surface area (Å²) in [4.78, 5) is 17.2. The lowest BCUT2D eigenvalue weighted by atomic mass is 9.73. The number of allylic oxidation sites excluding steroid dienone is 2. The predicted octanol–water partition coefficient (Wildman–Crippen LogP) is 3.50. The molecule has 1 atom stereocenters. The molecule has 2 aliphatic rings. The standard InChI is InChI=1S/C19H22N4O/c1-4-12-5-7-13(8-6-12)17-16-14(9-19(2,3)10-15(16)24)22-18-20-11-21-23(17)18/h5-8,11,17H,4,9-10H2,1-3H3,(H,20,21,22)/t17-/m1/s1. The second-order valence-electron chi connectivity index (χ2n) is 7.48. The van der Waals surface area contributed by atoms with Crippen molar-refractivity contribution >= 4 is 11.7 Å². The topological polar surface area (TPSA) is 59.8 Å². The van der Waals surface area contributed by atoms with E-state index in [-0.39, 0.29) is 17.2 Å². The van der Waals surface area contributed by atoms with Crippen LogP contribution in [0.2, 0.25) is 0 Å². The first-order valence-corrected chi connectivity index (χ1v) is 8.50. The van der Waals surface area contributed by atoms with Crippen LogP contribution >= 0.6 is 0 Å². The van der Waals surface area contributed by atoms with Gasteiger partial charge in [-0.15, -0.1) is 0 Å². The maximum atomic E-state index is 12.9. The van der Waals surface area contributed by atoms with Gasteiger partial charge < -0.3 is 5.32 Å². The summed E-state index contributed by atoms with van der Waals surface area (Å²) >= 11 is 0. The summed E-state index contributed by atoms with van der Waals surface area (Å²) in [7, 11) is 0. The van der Waals surface area contributed by atoms with Crippen LogP contribution in [0, 0.1) is 5.41 Å². The molecule has 0 saturated heterocycles. The van der Waals surface area contributed by atoms with Crippen molar-refractivity contribution in [3.8, 4) is 0 Å². The van der Waals surface area contributed by atoms with Gasteiger partial charge in [0.15, 0.2) is 5.78 Å². The Morgan fingerprint density at radius 1 is 1.25 bits per heavy atom. The van der Waals surface area contributed by atoms with Gasteiger partial charge in [0.1, 0.15) is 12.4 Å². The Hall–Kier alpha value is -2.43. The van der Waals surface area contributed by atoms with E-state index in [1.807, 2.05) is 4.68 Å². The highest BCUT2D eigenvalue weighted by Gasteiger charge is 2.41. The van der Waals surface area contributed by atoms with Gasteiger partial charge in [-0.25, -0.2) is 4.68 Å². The van der Waals surface area contributed by atoms with Gasteiger partial charge in [-0.05, 0) is 29.4 Å². The molecule has 1 aromatic heterocycles. The third kappa shape index (κ3) is 2.35. The van der Waals surface area contributed by atoms with Crippen LogP contribution in [0.3, 0.4) is 0 Å². The highest BCUT2D eigenvalue weighted by Crippen LogP contribution is 2.45. The zero-order chi connectivity index (χ0) is 16.9. The van der Waals surface area contributed by atoms with Crippen molar-refractivity contribution in [2.24, 2.45) is 5.41 Å². The molecule has 2 aromatic rings. The number of carbonyl (C=O) groups excluding carboxylic acids is 1. The second-order valence-corrected chi connectivity index (χ2v) is 7.48. The van der Waals surface area contributed by atoms with Gasteiger partial charge in [0, 0.05) is 17.7 Å². The summed E-state index contributed by atoms with van der Waals surface area (Å²) < 4.78 is 1.83. The van der Waals surface area contributed by atoms with Crippen molar-refractivity contribution in [2.75, 3.05) is 5.32 Å². The molecule has 124 valence electrons. The van der Waals surface area contributed by atoms with Gasteiger partial charge in [-0.2, -0.15) is 10.1 Å². The highest BCUT2D eigenvalue weighted by atomic mass is 16.1. The van der Waals surface area contributed by atoms with E-state index < -0.39 is 0 Å². The number of Topliss-reactive ketones (excluding diaryl/α,β-unsaturated/α-hetero) is 1. The first kappa shape index (κ1) is 15.1. The summed E-state index contributed by atoms with van der Waals surface area (Å²) in [6.07, 6.45) is 3.97. The first-order valence-electron chi connectivity index (χ1n) is 8.50. The van der Waals surface area contributed by atoms with Crippen LogP contribution in [-0.2, 0) is 11.2 Å². The molecule has 0 bridgehead atoms. The van der Waals surface area contributed by atoms with E-state index in [1.54, 1.807) is 6.33 Å². The van der Waals surface area contributed by atoms with E-state index in [4.69, 9.17) is 0 Å². The van der Waals surface area contributed by atoms with E-state index in [0.717, 1.165) is 29.7 Å². The van der Waals surface area contributed by atoms with Crippen LogP contribution in [0.4, 0.5) is 5.95 Å². The Morgan fingerprint density at radius 3 is 2.71 bits per heavy atom. The van der Waals surface area contributed by atoms with Crippen LogP contribution in [0.25, 0.3) is 0 Å². The maximum Gasteiger partial charge on any atom is 0.226 e. The molecule has 5 nitrogen and oxygen atoms in total. The molecule has 4 rings (SSSR count). The Kier molecular flexibility index (Phi) is 3.34. The average Bonchev–Trinajstić information content (AvgIpc) is 3.00. The minimum absolute atomic E-state index is 0.0261.